The lowest BCUT2D eigenvalue weighted by Crippen LogP contribution is -2.30. The lowest BCUT2D eigenvalue weighted by atomic mass is 10.1. The Morgan fingerprint density at radius 1 is 1.29 bits per heavy atom. The summed E-state index contributed by atoms with van der Waals surface area (Å²) in [5, 5.41) is 9.13. The second-order valence-electron chi connectivity index (χ2n) is 4.16. The van der Waals surface area contributed by atoms with Crippen molar-refractivity contribution in [2.45, 2.75) is 0 Å². The molecule has 1 amide bonds. The van der Waals surface area contributed by atoms with Crippen LogP contribution < -0.4 is 10.1 Å². The zero-order valence-electron chi connectivity index (χ0n) is 11.7. The molecule has 0 unspecified atom stereocenters. The number of nitrogens with one attached hydrogen (secondary N) is 2. The number of methoxy groups -OCH3 is 2. The van der Waals surface area contributed by atoms with Crippen LogP contribution in [0.4, 0.5) is 0 Å². The average Bonchev–Trinajstić information content (AvgIpc) is 3.02. The molecular formula is C14H15N3O4. The number of aromatic nitrogens is 2. The van der Waals surface area contributed by atoms with Gasteiger partial charge in [0.25, 0.3) is 5.91 Å². The third-order valence-electron chi connectivity index (χ3n) is 2.81. The molecule has 7 nitrogen and oxygen atoms in total. The number of carbonyl (C=O) groups is 2. The smallest absolute Gasteiger partial charge is 0.325 e. The molecule has 0 fully saturated rings. The van der Waals surface area contributed by atoms with Gasteiger partial charge in [0.05, 0.1) is 19.9 Å². The third-order valence-corrected chi connectivity index (χ3v) is 2.81. The fourth-order valence-corrected chi connectivity index (χ4v) is 1.69. The van der Waals surface area contributed by atoms with Crippen molar-refractivity contribution < 1.29 is 19.1 Å². The summed E-state index contributed by atoms with van der Waals surface area (Å²) in [6.45, 7) is -0.192. The third kappa shape index (κ3) is 3.59. The SMILES string of the molecule is COC(=O)CNC(=O)c1cc(-c2cccc(OC)c2)n[nH]1. The molecule has 0 saturated carbocycles. The van der Waals surface area contributed by atoms with Crippen molar-refractivity contribution in [2.24, 2.45) is 0 Å². The quantitative estimate of drug-likeness (QED) is 0.801. The summed E-state index contributed by atoms with van der Waals surface area (Å²) in [4.78, 5) is 22.8. The topological polar surface area (TPSA) is 93.3 Å². The lowest BCUT2D eigenvalue weighted by molar-refractivity contribution is -0.139. The fraction of sp³-hybridized carbons (Fsp3) is 0.214. The van der Waals surface area contributed by atoms with Gasteiger partial charge >= 0.3 is 5.97 Å². The zero-order valence-corrected chi connectivity index (χ0v) is 11.7. The van der Waals surface area contributed by atoms with E-state index in [9.17, 15) is 9.59 Å². The van der Waals surface area contributed by atoms with E-state index in [1.807, 2.05) is 24.3 Å². The van der Waals surface area contributed by atoms with Crippen molar-refractivity contribution >= 4 is 11.9 Å². The van der Waals surface area contributed by atoms with Crippen molar-refractivity contribution in [1.82, 2.24) is 15.5 Å². The summed E-state index contributed by atoms with van der Waals surface area (Å²) in [7, 11) is 2.83. The highest BCUT2D eigenvalue weighted by Gasteiger charge is 2.12. The summed E-state index contributed by atoms with van der Waals surface area (Å²) in [6, 6.07) is 8.92. The first kappa shape index (κ1) is 14.6. The molecule has 7 heteroatoms. The molecule has 0 saturated heterocycles. The molecule has 0 atom stereocenters. The predicted octanol–water partition coefficient (Wildman–Crippen LogP) is 0.988. The first-order valence-electron chi connectivity index (χ1n) is 6.19. The first-order chi connectivity index (χ1) is 10.1. The number of hydrogen-bond acceptors (Lipinski definition) is 5. The molecule has 0 bridgehead atoms. The molecule has 2 N–H and O–H groups in total. The largest absolute Gasteiger partial charge is 0.497 e. The number of esters is 1. The van der Waals surface area contributed by atoms with Gasteiger partial charge in [0.2, 0.25) is 0 Å². The van der Waals surface area contributed by atoms with Gasteiger partial charge in [-0.2, -0.15) is 5.10 Å². The fourth-order valence-electron chi connectivity index (χ4n) is 1.69. The maximum atomic E-state index is 11.8. The number of hydrogen-bond donors (Lipinski definition) is 2. The average molecular weight is 289 g/mol. The van der Waals surface area contributed by atoms with Crippen LogP contribution in [0.2, 0.25) is 0 Å². The Morgan fingerprint density at radius 3 is 2.81 bits per heavy atom. The number of aromatic amines is 1. The summed E-state index contributed by atoms with van der Waals surface area (Å²) >= 11 is 0. The van der Waals surface area contributed by atoms with E-state index in [1.54, 1.807) is 13.2 Å². The molecule has 1 aromatic carbocycles. The summed E-state index contributed by atoms with van der Waals surface area (Å²) in [5.74, 6) is -0.245. The summed E-state index contributed by atoms with van der Waals surface area (Å²) < 4.78 is 9.58. The van der Waals surface area contributed by atoms with Crippen molar-refractivity contribution in [3.8, 4) is 17.0 Å². The van der Waals surface area contributed by atoms with Crippen LogP contribution in [0.5, 0.6) is 5.75 Å². The number of carbonyl (C=O) groups excluding carboxylic acids is 2. The molecule has 0 spiro atoms. The molecule has 2 aromatic rings. The lowest BCUT2D eigenvalue weighted by Gasteiger charge is -2.01. The Balaban J connectivity index is 2.10. The molecular weight excluding hydrogens is 274 g/mol. The van der Waals surface area contributed by atoms with Gasteiger partial charge in [-0.05, 0) is 18.2 Å². The van der Waals surface area contributed by atoms with Gasteiger partial charge < -0.3 is 14.8 Å². The van der Waals surface area contributed by atoms with Crippen LogP contribution in [0.1, 0.15) is 10.5 Å². The normalized spacial score (nSPS) is 10.0. The molecule has 1 aromatic heterocycles. The number of benzene rings is 1. The molecule has 0 aliphatic carbocycles. The van der Waals surface area contributed by atoms with Gasteiger partial charge in [0.1, 0.15) is 18.0 Å². The van der Waals surface area contributed by atoms with Crippen LogP contribution in [0.25, 0.3) is 11.3 Å². The molecule has 21 heavy (non-hydrogen) atoms. The van der Waals surface area contributed by atoms with Gasteiger partial charge in [-0.15, -0.1) is 0 Å². The van der Waals surface area contributed by atoms with E-state index in [0.717, 1.165) is 5.56 Å². The second-order valence-corrected chi connectivity index (χ2v) is 4.16. The van der Waals surface area contributed by atoms with E-state index in [-0.39, 0.29) is 12.2 Å². The van der Waals surface area contributed by atoms with E-state index in [4.69, 9.17) is 4.74 Å². The zero-order chi connectivity index (χ0) is 15.2. The number of H-pyrrole nitrogens is 1. The minimum Gasteiger partial charge on any atom is -0.497 e. The highest BCUT2D eigenvalue weighted by atomic mass is 16.5. The van der Waals surface area contributed by atoms with Crippen LogP contribution in [0.3, 0.4) is 0 Å². The van der Waals surface area contributed by atoms with Gasteiger partial charge in [0.15, 0.2) is 0 Å². The minimum absolute atomic E-state index is 0.192. The highest BCUT2D eigenvalue weighted by Crippen LogP contribution is 2.22. The Kier molecular flexibility index (Phi) is 4.55. The van der Waals surface area contributed by atoms with E-state index >= 15 is 0 Å². The minimum atomic E-state index is -0.518. The van der Waals surface area contributed by atoms with E-state index in [2.05, 4.69) is 20.3 Å². The van der Waals surface area contributed by atoms with Crippen molar-refractivity contribution in [3.05, 3.63) is 36.0 Å². The van der Waals surface area contributed by atoms with Crippen LogP contribution >= 0.6 is 0 Å². The number of amides is 1. The Bertz CT molecular complexity index is 651. The van der Waals surface area contributed by atoms with Crippen molar-refractivity contribution in [1.29, 1.82) is 0 Å². The van der Waals surface area contributed by atoms with Crippen molar-refractivity contribution in [2.75, 3.05) is 20.8 Å². The predicted molar refractivity (Wildman–Crippen MR) is 74.9 cm³/mol. The van der Waals surface area contributed by atoms with E-state index in [0.29, 0.717) is 11.4 Å². The highest BCUT2D eigenvalue weighted by molar-refractivity contribution is 5.95. The van der Waals surface area contributed by atoms with Crippen LogP contribution in [0.15, 0.2) is 30.3 Å². The first-order valence-corrected chi connectivity index (χ1v) is 6.19. The Labute approximate surface area is 121 Å². The maximum absolute atomic E-state index is 11.8. The number of ether oxygens (including phenoxy) is 2. The molecule has 1 heterocycles. The monoisotopic (exact) mass is 289 g/mol. The molecule has 2 rings (SSSR count). The maximum Gasteiger partial charge on any atom is 0.325 e. The standard InChI is InChI=1S/C14H15N3O4/c1-20-10-5-3-4-9(6-10)11-7-12(17-16-11)14(19)15-8-13(18)21-2/h3-7H,8H2,1-2H3,(H,15,19)(H,16,17). The molecule has 0 radical (unpaired) electrons. The molecule has 110 valence electrons. The van der Waals surface area contributed by atoms with Crippen molar-refractivity contribution in [3.63, 3.8) is 0 Å². The number of nitrogens with zero attached hydrogens (tertiary/aromatic N) is 1. The van der Waals surface area contributed by atoms with Crippen LogP contribution in [-0.4, -0.2) is 42.8 Å². The molecule has 0 aliphatic rings. The van der Waals surface area contributed by atoms with Gasteiger partial charge in [-0.3, -0.25) is 14.7 Å². The molecule has 0 aliphatic heterocycles. The van der Waals surface area contributed by atoms with Crippen LogP contribution in [-0.2, 0) is 9.53 Å². The number of rotatable bonds is 5. The summed E-state index contributed by atoms with van der Waals surface area (Å²) in [5.41, 5.74) is 1.69. The van der Waals surface area contributed by atoms with Gasteiger partial charge in [0, 0.05) is 5.56 Å². The Hall–Kier alpha value is -2.83. The van der Waals surface area contributed by atoms with E-state index < -0.39 is 11.9 Å². The van der Waals surface area contributed by atoms with Crippen LogP contribution in [0, 0.1) is 0 Å². The van der Waals surface area contributed by atoms with E-state index in [1.165, 1.54) is 7.11 Å². The summed E-state index contributed by atoms with van der Waals surface area (Å²) in [6.07, 6.45) is 0. The second kappa shape index (κ2) is 6.56. The Morgan fingerprint density at radius 2 is 2.10 bits per heavy atom. The van der Waals surface area contributed by atoms with Gasteiger partial charge in [-0.25, -0.2) is 0 Å². The van der Waals surface area contributed by atoms with Gasteiger partial charge in [-0.1, -0.05) is 12.1 Å².